The molecule has 2 aromatic carbocycles. The fraction of sp³-hybridized carbons (Fsp3) is 0.118. The number of nitrogens with one attached hydrogen (secondary N) is 2. The summed E-state index contributed by atoms with van der Waals surface area (Å²) in [5, 5.41) is 15.7. The van der Waals surface area contributed by atoms with Gasteiger partial charge in [0.15, 0.2) is 6.61 Å². The van der Waals surface area contributed by atoms with E-state index in [1.165, 1.54) is 43.3 Å². The van der Waals surface area contributed by atoms with Crippen LogP contribution in [0.2, 0.25) is 0 Å². The summed E-state index contributed by atoms with van der Waals surface area (Å²) in [6, 6.07) is 11.6. The molecule has 9 nitrogen and oxygen atoms in total. The number of benzene rings is 2. The number of para-hydroxylation sites is 2. The van der Waals surface area contributed by atoms with Crippen LogP contribution in [-0.4, -0.2) is 29.3 Å². The summed E-state index contributed by atoms with van der Waals surface area (Å²) in [5.41, 5.74) is 0.299. The van der Waals surface area contributed by atoms with Crippen LogP contribution in [0.5, 0.6) is 0 Å². The first-order valence-corrected chi connectivity index (χ1v) is 7.45. The largest absolute Gasteiger partial charge is 0.452 e. The highest BCUT2D eigenvalue weighted by Crippen LogP contribution is 2.23. The standard InChI is InChI=1S/C17H15N3O6/c1-11(21)18-13-6-4-5-12(9-13)17(23)26-10-16(22)19-14-7-2-3-8-15(14)20(24)25/h2-9H,10H2,1H3,(H,18,21)(H,19,22). The van der Waals surface area contributed by atoms with Crippen molar-refractivity contribution in [2.45, 2.75) is 6.92 Å². The van der Waals surface area contributed by atoms with Gasteiger partial charge in [-0.25, -0.2) is 4.79 Å². The monoisotopic (exact) mass is 357 g/mol. The lowest BCUT2D eigenvalue weighted by atomic mass is 10.2. The van der Waals surface area contributed by atoms with E-state index in [1.54, 1.807) is 12.1 Å². The van der Waals surface area contributed by atoms with Crippen molar-refractivity contribution in [2.24, 2.45) is 0 Å². The molecule has 9 heteroatoms. The molecule has 0 radical (unpaired) electrons. The van der Waals surface area contributed by atoms with Gasteiger partial charge in [-0.3, -0.25) is 19.7 Å². The predicted octanol–water partition coefficient (Wildman–Crippen LogP) is 2.35. The van der Waals surface area contributed by atoms with Gasteiger partial charge in [-0.05, 0) is 24.3 Å². The molecule has 0 aliphatic carbocycles. The maximum absolute atomic E-state index is 12.0. The summed E-state index contributed by atoms with van der Waals surface area (Å²) in [7, 11) is 0. The molecule has 0 aliphatic rings. The van der Waals surface area contributed by atoms with Crippen LogP contribution in [0.4, 0.5) is 17.1 Å². The van der Waals surface area contributed by atoms with Gasteiger partial charge in [-0.1, -0.05) is 18.2 Å². The molecular formula is C17H15N3O6. The molecule has 0 heterocycles. The molecule has 0 bridgehead atoms. The third kappa shape index (κ3) is 5.13. The molecule has 0 saturated carbocycles. The third-order valence-electron chi connectivity index (χ3n) is 3.13. The summed E-state index contributed by atoms with van der Waals surface area (Å²) in [5.74, 6) is -1.78. The van der Waals surface area contributed by atoms with Crippen molar-refractivity contribution in [1.29, 1.82) is 0 Å². The molecule has 0 unspecified atom stereocenters. The van der Waals surface area contributed by atoms with Crippen LogP contribution >= 0.6 is 0 Å². The first kappa shape index (κ1) is 18.6. The van der Waals surface area contributed by atoms with Gasteiger partial charge in [0.05, 0.1) is 10.5 Å². The van der Waals surface area contributed by atoms with E-state index in [0.29, 0.717) is 5.69 Å². The molecule has 0 spiro atoms. The maximum Gasteiger partial charge on any atom is 0.338 e. The number of hydrogen-bond acceptors (Lipinski definition) is 6. The number of carbonyl (C=O) groups excluding carboxylic acids is 3. The number of nitrogens with zero attached hydrogens (tertiary/aromatic N) is 1. The van der Waals surface area contributed by atoms with Crippen molar-refractivity contribution < 1.29 is 24.0 Å². The van der Waals surface area contributed by atoms with Crippen LogP contribution in [0.25, 0.3) is 0 Å². The smallest absolute Gasteiger partial charge is 0.338 e. The Morgan fingerprint density at radius 2 is 1.81 bits per heavy atom. The average Bonchev–Trinajstić information content (AvgIpc) is 2.59. The zero-order valence-electron chi connectivity index (χ0n) is 13.7. The molecular weight excluding hydrogens is 342 g/mol. The molecule has 26 heavy (non-hydrogen) atoms. The number of ether oxygens (including phenoxy) is 1. The Kier molecular flexibility index (Phi) is 5.99. The fourth-order valence-corrected chi connectivity index (χ4v) is 2.07. The van der Waals surface area contributed by atoms with E-state index < -0.39 is 23.4 Å². The minimum Gasteiger partial charge on any atom is -0.452 e. The number of amides is 2. The predicted molar refractivity (Wildman–Crippen MR) is 92.8 cm³/mol. The average molecular weight is 357 g/mol. The number of carbonyl (C=O) groups is 3. The zero-order chi connectivity index (χ0) is 19.1. The Bertz CT molecular complexity index is 865. The molecule has 2 rings (SSSR count). The molecule has 2 amide bonds. The summed E-state index contributed by atoms with van der Waals surface area (Å²) in [6.07, 6.45) is 0. The molecule has 134 valence electrons. The van der Waals surface area contributed by atoms with Crippen LogP contribution in [0.3, 0.4) is 0 Å². The SMILES string of the molecule is CC(=O)Nc1cccc(C(=O)OCC(=O)Nc2ccccc2[N+](=O)[O-])c1. The zero-order valence-corrected chi connectivity index (χ0v) is 13.7. The lowest BCUT2D eigenvalue weighted by molar-refractivity contribution is -0.383. The summed E-state index contributed by atoms with van der Waals surface area (Å²) in [4.78, 5) is 45.2. The maximum atomic E-state index is 12.0. The van der Waals surface area contributed by atoms with E-state index >= 15 is 0 Å². The molecule has 0 aliphatic heterocycles. The molecule has 2 N–H and O–H groups in total. The lowest BCUT2D eigenvalue weighted by Gasteiger charge is -2.08. The van der Waals surface area contributed by atoms with E-state index in [-0.39, 0.29) is 22.8 Å². The molecule has 0 fully saturated rings. The van der Waals surface area contributed by atoms with Gasteiger partial charge >= 0.3 is 5.97 Å². The van der Waals surface area contributed by atoms with Gasteiger partial charge in [0.2, 0.25) is 5.91 Å². The normalized spacial score (nSPS) is 9.88. The fourth-order valence-electron chi connectivity index (χ4n) is 2.07. The van der Waals surface area contributed by atoms with Crippen LogP contribution in [0.1, 0.15) is 17.3 Å². The van der Waals surface area contributed by atoms with Crippen molar-refractivity contribution in [2.75, 3.05) is 17.2 Å². The number of nitro benzene ring substituents is 1. The van der Waals surface area contributed by atoms with E-state index in [2.05, 4.69) is 10.6 Å². The second kappa shape index (κ2) is 8.38. The minimum atomic E-state index is -0.769. The summed E-state index contributed by atoms with van der Waals surface area (Å²) >= 11 is 0. The quantitative estimate of drug-likeness (QED) is 0.464. The Morgan fingerprint density at radius 1 is 1.08 bits per heavy atom. The first-order chi connectivity index (χ1) is 12.4. The van der Waals surface area contributed by atoms with Crippen molar-refractivity contribution in [3.8, 4) is 0 Å². The van der Waals surface area contributed by atoms with Crippen LogP contribution in [0, 0.1) is 10.1 Å². The number of anilines is 2. The van der Waals surface area contributed by atoms with Gasteiger partial charge in [-0.15, -0.1) is 0 Å². The highest BCUT2D eigenvalue weighted by atomic mass is 16.6. The third-order valence-corrected chi connectivity index (χ3v) is 3.13. The van der Waals surface area contributed by atoms with Crippen molar-refractivity contribution >= 4 is 34.8 Å². The molecule has 0 atom stereocenters. The van der Waals surface area contributed by atoms with E-state index in [9.17, 15) is 24.5 Å². The highest BCUT2D eigenvalue weighted by molar-refractivity contribution is 5.97. The van der Waals surface area contributed by atoms with Gasteiger partial charge in [0.1, 0.15) is 5.69 Å². The summed E-state index contributed by atoms with van der Waals surface area (Å²) < 4.78 is 4.89. The van der Waals surface area contributed by atoms with E-state index in [0.717, 1.165) is 0 Å². The van der Waals surface area contributed by atoms with E-state index in [4.69, 9.17) is 4.74 Å². The second-order valence-electron chi connectivity index (χ2n) is 5.16. The molecule has 2 aromatic rings. The number of hydrogen-bond donors (Lipinski definition) is 2. The van der Waals surface area contributed by atoms with E-state index in [1.807, 2.05) is 0 Å². The second-order valence-corrected chi connectivity index (χ2v) is 5.16. The Balaban J connectivity index is 1.96. The van der Waals surface area contributed by atoms with Gasteiger partial charge in [0, 0.05) is 18.7 Å². The Hall–Kier alpha value is -3.75. The highest BCUT2D eigenvalue weighted by Gasteiger charge is 2.16. The Morgan fingerprint density at radius 3 is 2.50 bits per heavy atom. The lowest BCUT2D eigenvalue weighted by Crippen LogP contribution is -2.21. The Labute approximate surface area is 148 Å². The van der Waals surface area contributed by atoms with Crippen molar-refractivity contribution in [1.82, 2.24) is 0 Å². The summed E-state index contributed by atoms with van der Waals surface area (Å²) in [6.45, 7) is 0.716. The van der Waals surface area contributed by atoms with Crippen molar-refractivity contribution in [3.63, 3.8) is 0 Å². The van der Waals surface area contributed by atoms with Crippen LogP contribution in [-0.2, 0) is 14.3 Å². The molecule has 0 saturated heterocycles. The minimum absolute atomic E-state index is 0.00574. The van der Waals surface area contributed by atoms with Gasteiger partial charge < -0.3 is 15.4 Å². The number of nitro groups is 1. The van der Waals surface area contributed by atoms with Gasteiger partial charge in [-0.2, -0.15) is 0 Å². The topological polar surface area (TPSA) is 128 Å². The first-order valence-electron chi connectivity index (χ1n) is 7.45. The van der Waals surface area contributed by atoms with Gasteiger partial charge in [0.25, 0.3) is 11.6 Å². The molecule has 0 aromatic heterocycles. The van der Waals surface area contributed by atoms with Crippen LogP contribution < -0.4 is 10.6 Å². The number of esters is 1. The number of rotatable bonds is 6. The van der Waals surface area contributed by atoms with Crippen molar-refractivity contribution in [3.05, 3.63) is 64.2 Å². The van der Waals surface area contributed by atoms with Crippen LogP contribution in [0.15, 0.2) is 48.5 Å².